The van der Waals surface area contributed by atoms with E-state index in [1.54, 1.807) is 0 Å². The van der Waals surface area contributed by atoms with E-state index in [1.807, 2.05) is 0 Å². The van der Waals surface area contributed by atoms with Crippen molar-refractivity contribution >= 4 is 11.0 Å². The number of aromatic nitrogens is 2. The number of H-pyrrole nitrogens is 1. The van der Waals surface area contributed by atoms with E-state index in [1.165, 1.54) is 22.3 Å². The molecule has 0 unspecified atom stereocenters. The topological polar surface area (TPSA) is 37.9 Å². The number of aromatic amines is 1. The van der Waals surface area contributed by atoms with Gasteiger partial charge >= 0.3 is 0 Å². The molecule has 1 aromatic heterocycles. The van der Waals surface area contributed by atoms with Gasteiger partial charge in [-0.25, -0.2) is 4.98 Å². The monoisotopic (exact) mass is 264 g/mol. The van der Waals surface area contributed by atoms with Gasteiger partial charge in [-0.2, -0.15) is 0 Å². The molecule has 0 bridgehead atoms. The highest BCUT2D eigenvalue weighted by molar-refractivity contribution is 5.83. The number of hydrogen-bond donors (Lipinski definition) is 1. The van der Waals surface area contributed by atoms with Gasteiger partial charge in [0, 0.05) is 5.56 Å². The molecule has 0 aliphatic carbocycles. The van der Waals surface area contributed by atoms with Gasteiger partial charge in [0.25, 0.3) is 0 Å². The second kappa shape index (κ2) is 4.18. The Hall–Kier alpha value is -2.13. The normalized spacial score (nSPS) is 13.9. The molecule has 0 spiro atoms. The molecular formula is C17H16N2O. The lowest BCUT2D eigenvalue weighted by molar-refractivity contribution is 0.134. The van der Waals surface area contributed by atoms with E-state index < -0.39 is 0 Å². The van der Waals surface area contributed by atoms with Crippen LogP contribution >= 0.6 is 0 Å². The Bertz CT molecular complexity index is 817. The van der Waals surface area contributed by atoms with Gasteiger partial charge in [-0.15, -0.1) is 0 Å². The zero-order valence-electron chi connectivity index (χ0n) is 11.7. The first kappa shape index (κ1) is 11.7. The lowest BCUT2D eigenvalue weighted by Crippen LogP contribution is -1.86. The number of hydrogen-bond acceptors (Lipinski definition) is 2. The minimum Gasteiger partial charge on any atom is -0.372 e. The molecule has 3 aromatic rings. The number of nitrogens with one attached hydrogen (secondary N) is 1. The van der Waals surface area contributed by atoms with Crippen molar-refractivity contribution in [2.75, 3.05) is 0 Å². The van der Waals surface area contributed by atoms with Gasteiger partial charge in [0.05, 0.1) is 24.2 Å². The van der Waals surface area contributed by atoms with Crippen LogP contribution in [0, 0.1) is 13.8 Å². The van der Waals surface area contributed by atoms with E-state index in [0.29, 0.717) is 6.61 Å². The van der Waals surface area contributed by atoms with Crippen LogP contribution < -0.4 is 0 Å². The van der Waals surface area contributed by atoms with Crippen LogP contribution in [0.2, 0.25) is 0 Å². The van der Waals surface area contributed by atoms with E-state index in [9.17, 15) is 0 Å². The van der Waals surface area contributed by atoms with E-state index in [0.717, 1.165) is 29.0 Å². The van der Waals surface area contributed by atoms with Crippen molar-refractivity contribution < 1.29 is 4.74 Å². The van der Waals surface area contributed by atoms with E-state index in [4.69, 9.17) is 9.72 Å². The molecule has 0 fully saturated rings. The summed E-state index contributed by atoms with van der Waals surface area (Å²) in [6.07, 6.45) is 0. The van der Waals surface area contributed by atoms with Gasteiger partial charge < -0.3 is 9.72 Å². The third-order valence-corrected chi connectivity index (χ3v) is 3.92. The highest BCUT2D eigenvalue weighted by Gasteiger charge is 2.14. The molecular weight excluding hydrogens is 248 g/mol. The number of imidazole rings is 1. The highest BCUT2D eigenvalue weighted by Crippen LogP contribution is 2.28. The zero-order chi connectivity index (χ0) is 13.7. The van der Waals surface area contributed by atoms with Crippen molar-refractivity contribution in [3.8, 4) is 11.4 Å². The molecule has 20 heavy (non-hydrogen) atoms. The van der Waals surface area contributed by atoms with Crippen LogP contribution in [-0.4, -0.2) is 9.97 Å². The average molecular weight is 264 g/mol. The van der Waals surface area contributed by atoms with Crippen molar-refractivity contribution in [1.82, 2.24) is 9.97 Å². The third-order valence-electron chi connectivity index (χ3n) is 3.92. The van der Waals surface area contributed by atoms with E-state index >= 15 is 0 Å². The van der Waals surface area contributed by atoms with Crippen LogP contribution in [0.25, 0.3) is 22.4 Å². The van der Waals surface area contributed by atoms with Gasteiger partial charge in [-0.05, 0) is 48.2 Å². The number of benzene rings is 2. The summed E-state index contributed by atoms with van der Waals surface area (Å²) in [5, 5.41) is 0. The molecule has 1 aliphatic rings. The largest absolute Gasteiger partial charge is 0.372 e. The molecule has 100 valence electrons. The maximum atomic E-state index is 5.47. The van der Waals surface area contributed by atoms with Gasteiger partial charge in [0.1, 0.15) is 5.82 Å². The van der Waals surface area contributed by atoms with E-state index in [2.05, 4.69) is 49.2 Å². The van der Waals surface area contributed by atoms with Gasteiger partial charge in [0.2, 0.25) is 0 Å². The Morgan fingerprint density at radius 3 is 2.80 bits per heavy atom. The first-order valence-electron chi connectivity index (χ1n) is 6.87. The lowest BCUT2D eigenvalue weighted by atomic mass is 10.1. The number of rotatable bonds is 1. The molecule has 3 heteroatoms. The molecule has 1 aliphatic heterocycles. The third kappa shape index (κ3) is 1.74. The number of nitrogens with zero attached hydrogens (tertiary/aromatic N) is 1. The summed E-state index contributed by atoms with van der Waals surface area (Å²) in [6, 6.07) is 10.8. The Balaban J connectivity index is 1.88. The van der Waals surface area contributed by atoms with Crippen molar-refractivity contribution in [2.24, 2.45) is 0 Å². The first-order valence-corrected chi connectivity index (χ1v) is 6.87. The van der Waals surface area contributed by atoms with Crippen LogP contribution in [0.1, 0.15) is 22.3 Å². The highest BCUT2D eigenvalue weighted by atomic mass is 16.5. The minimum absolute atomic E-state index is 0.710. The van der Waals surface area contributed by atoms with Gasteiger partial charge in [-0.3, -0.25) is 0 Å². The maximum Gasteiger partial charge on any atom is 0.138 e. The maximum absolute atomic E-state index is 5.47. The van der Waals surface area contributed by atoms with Crippen molar-refractivity contribution in [1.29, 1.82) is 0 Å². The number of ether oxygens (including phenoxy) is 1. The molecule has 4 rings (SSSR count). The average Bonchev–Trinajstić information content (AvgIpc) is 3.03. The smallest absolute Gasteiger partial charge is 0.138 e. The summed E-state index contributed by atoms with van der Waals surface area (Å²) in [5.41, 5.74) is 8.33. The summed E-state index contributed by atoms with van der Waals surface area (Å²) in [5.74, 6) is 0.934. The van der Waals surface area contributed by atoms with Crippen LogP contribution in [0.3, 0.4) is 0 Å². The Labute approximate surface area is 117 Å². The zero-order valence-corrected chi connectivity index (χ0v) is 11.7. The lowest BCUT2D eigenvalue weighted by Gasteiger charge is -2.00. The van der Waals surface area contributed by atoms with Gasteiger partial charge in [-0.1, -0.05) is 18.2 Å². The van der Waals surface area contributed by atoms with Gasteiger partial charge in [0.15, 0.2) is 0 Å². The van der Waals surface area contributed by atoms with Crippen LogP contribution in [0.4, 0.5) is 0 Å². The molecule has 2 aromatic carbocycles. The molecule has 0 saturated heterocycles. The summed E-state index contributed by atoms with van der Waals surface area (Å²) >= 11 is 0. The molecule has 3 nitrogen and oxygen atoms in total. The summed E-state index contributed by atoms with van der Waals surface area (Å²) in [7, 11) is 0. The number of aryl methyl sites for hydroxylation is 2. The SMILES string of the molecule is Cc1cc(C)c2nc(-c3ccc4c(c3)COC4)[nH]c2c1. The van der Waals surface area contributed by atoms with E-state index in [-0.39, 0.29) is 0 Å². The molecule has 1 N–H and O–H groups in total. The Morgan fingerprint density at radius 2 is 1.90 bits per heavy atom. The molecule has 0 radical (unpaired) electrons. The van der Waals surface area contributed by atoms with Crippen molar-refractivity contribution in [3.05, 3.63) is 52.6 Å². The van der Waals surface area contributed by atoms with Crippen LogP contribution in [0.5, 0.6) is 0 Å². The summed E-state index contributed by atoms with van der Waals surface area (Å²) in [6.45, 7) is 5.66. The molecule has 0 saturated carbocycles. The summed E-state index contributed by atoms with van der Waals surface area (Å²) < 4.78 is 5.47. The quantitative estimate of drug-likeness (QED) is 0.724. The fourth-order valence-electron chi connectivity index (χ4n) is 2.93. The fraction of sp³-hybridized carbons (Fsp3) is 0.235. The Kier molecular flexibility index (Phi) is 2.44. The second-order valence-electron chi connectivity index (χ2n) is 5.54. The van der Waals surface area contributed by atoms with Crippen LogP contribution in [0.15, 0.2) is 30.3 Å². The predicted molar refractivity (Wildman–Crippen MR) is 79.5 cm³/mol. The van der Waals surface area contributed by atoms with Crippen molar-refractivity contribution in [3.63, 3.8) is 0 Å². The molecule has 0 amide bonds. The number of fused-ring (bicyclic) bond motifs is 2. The fourth-order valence-corrected chi connectivity index (χ4v) is 2.93. The molecule has 0 atom stereocenters. The first-order chi connectivity index (χ1) is 9.70. The van der Waals surface area contributed by atoms with Crippen LogP contribution in [-0.2, 0) is 18.0 Å². The standard InChI is InChI=1S/C17H16N2O/c1-10-5-11(2)16-15(6-10)18-17(19-16)12-3-4-13-8-20-9-14(13)7-12/h3-7H,8-9H2,1-2H3,(H,18,19). The van der Waals surface area contributed by atoms with Crippen molar-refractivity contribution in [2.45, 2.75) is 27.1 Å². The Morgan fingerprint density at radius 1 is 1.05 bits per heavy atom. The minimum atomic E-state index is 0.710. The molecule has 2 heterocycles. The predicted octanol–water partition coefficient (Wildman–Crippen LogP) is 3.88. The summed E-state index contributed by atoms with van der Waals surface area (Å²) in [4.78, 5) is 8.19. The second-order valence-corrected chi connectivity index (χ2v) is 5.54.